The third-order valence-corrected chi connectivity index (χ3v) is 2.20. The van der Waals surface area contributed by atoms with Gasteiger partial charge in [0.1, 0.15) is 4.99 Å². The van der Waals surface area contributed by atoms with E-state index in [1.165, 1.54) is 0 Å². The van der Waals surface area contributed by atoms with E-state index in [1.807, 2.05) is 13.8 Å². The highest BCUT2D eigenvalue weighted by atomic mass is 32.1. The van der Waals surface area contributed by atoms with Crippen molar-refractivity contribution < 1.29 is 4.79 Å². The van der Waals surface area contributed by atoms with Gasteiger partial charge >= 0.3 is 0 Å². The minimum atomic E-state index is -0.0854. The van der Waals surface area contributed by atoms with E-state index in [1.54, 1.807) is 18.5 Å². The van der Waals surface area contributed by atoms with Crippen molar-refractivity contribution in [2.75, 3.05) is 11.9 Å². The van der Waals surface area contributed by atoms with E-state index < -0.39 is 0 Å². The molecule has 0 fully saturated rings. The molecule has 1 aromatic rings. The molecule has 0 atom stereocenters. The molecule has 92 valence electrons. The van der Waals surface area contributed by atoms with Crippen LogP contribution >= 0.6 is 12.2 Å². The van der Waals surface area contributed by atoms with Crippen LogP contribution < -0.4 is 16.4 Å². The van der Waals surface area contributed by atoms with Crippen LogP contribution in [0.15, 0.2) is 18.5 Å². The number of pyridine rings is 1. The molecule has 6 heteroatoms. The second-order valence-electron chi connectivity index (χ2n) is 3.86. The number of rotatable bonds is 5. The summed E-state index contributed by atoms with van der Waals surface area (Å²) in [7, 11) is 0. The highest BCUT2D eigenvalue weighted by Gasteiger charge is 2.07. The van der Waals surface area contributed by atoms with Crippen molar-refractivity contribution in [3.8, 4) is 0 Å². The van der Waals surface area contributed by atoms with Crippen LogP contribution in [-0.2, 0) is 4.79 Å². The number of anilines is 1. The Morgan fingerprint density at radius 2 is 2.29 bits per heavy atom. The standard InChI is InChI=1S/C11H16N4OS/c1-7(2)15-10(16)6-14-9-5-13-4-3-8(9)11(12)17/h3-5,7,14H,6H2,1-2H3,(H2,12,17)(H,15,16). The summed E-state index contributed by atoms with van der Waals surface area (Å²) in [4.78, 5) is 15.7. The lowest BCUT2D eigenvalue weighted by molar-refractivity contribution is -0.119. The maximum atomic E-state index is 11.4. The van der Waals surface area contributed by atoms with E-state index in [2.05, 4.69) is 15.6 Å². The third kappa shape index (κ3) is 4.36. The molecular formula is C11H16N4OS. The SMILES string of the molecule is CC(C)NC(=O)CNc1cnccc1C(N)=S. The summed E-state index contributed by atoms with van der Waals surface area (Å²) in [6, 6.07) is 1.83. The van der Waals surface area contributed by atoms with E-state index in [-0.39, 0.29) is 23.5 Å². The Bertz CT molecular complexity index is 420. The molecule has 0 bridgehead atoms. The smallest absolute Gasteiger partial charge is 0.239 e. The molecule has 5 nitrogen and oxygen atoms in total. The van der Waals surface area contributed by atoms with E-state index in [0.717, 1.165) is 0 Å². The van der Waals surface area contributed by atoms with Gasteiger partial charge in [0, 0.05) is 17.8 Å². The van der Waals surface area contributed by atoms with Gasteiger partial charge in [0.2, 0.25) is 5.91 Å². The van der Waals surface area contributed by atoms with Crippen LogP contribution in [0.1, 0.15) is 19.4 Å². The molecule has 0 radical (unpaired) electrons. The van der Waals surface area contributed by atoms with Crippen molar-refractivity contribution in [2.24, 2.45) is 5.73 Å². The first-order valence-corrected chi connectivity index (χ1v) is 5.68. The summed E-state index contributed by atoms with van der Waals surface area (Å²) >= 11 is 4.91. The van der Waals surface area contributed by atoms with Crippen LogP contribution in [0, 0.1) is 0 Å². The van der Waals surface area contributed by atoms with Crippen LogP contribution in [0.2, 0.25) is 0 Å². The minimum absolute atomic E-state index is 0.0854. The maximum absolute atomic E-state index is 11.4. The zero-order valence-electron chi connectivity index (χ0n) is 9.86. The third-order valence-electron chi connectivity index (χ3n) is 1.98. The molecule has 4 N–H and O–H groups in total. The molecule has 17 heavy (non-hydrogen) atoms. The van der Waals surface area contributed by atoms with Crippen LogP contribution in [-0.4, -0.2) is 28.5 Å². The van der Waals surface area contributed by atoms with Crippen LogP contribution in [0.3, 0.4) is 0 Å². The Labute approximate surface area is 106 Å². The Morgan fingerprint density at radius 3 is 2.88 bits per heavy atom. The van der Waals surface area contributed by atoms with Gasteiger partial charge in [-0.3, -0.25) is 9.78 Å². The van der Waals surface area contributed by atoms with Gasteiger partial charge in [-0.25, -0.2) is 0 Å². The molecule has 1 heterocycles. The average Bonchev–Trinajstić information content (AvgIpc) is 2.25. The number of carbonyl (C=O) groups is 1. The largest absolute Gasteiger partial charge is 0.389 e. The zero-order valence-corrected chi connectivity index (χ0v) is 10.7. The molecule has 1 aromatic heterocycles. The number of hydrogen-bond donors (Lipinski definition) is 3. The molecule has 0 spiro atoms. The molecular weight excluding hydrogens is 236 g/mol. The predicted molar refractivity (Wildman–Crippen MR) is 71.9 cm³/mol. The lowest BCUT2D eigenvalue weighted by atomic mass is 10.2. The summed E-state index contributed by atoms with van der Waals surface area (Å²) in [5.74, 6) is -0.0854. The first kappa shape index (κ1) is 13.4. The minimum Gasteiger partial charge on any atom is -0.389 e. The number of hydrogen-bond acceptors (Lipinski definition) is 4. The summed E-state index contributed by atoms with van der Waals surface area (Å²) in [5, 5.41) is 5.73. The fourth-order valence-electron chi connectivity index (χ4n) is 1.30. The van der Waals surface area contributed by atoms with Crippen molar-refractivity contribution in [3.63, 3.8) is 0 Å². The van der Waals surface area contributed by atoms with Crippen molar-refractivity contribution in [1.82, 2.24) is 10.3 Å². The zero-order chi connectivity index (χ0) is 12.8. The average molecular weight is 252 g/mol. The molecule has 0 aromatic carbocycles. The number of thiocarbonyl (C=S) groups is 1. The van der Waals surface area contributed by atoms with Crippen molar-refractivity contribution in [2.45, 2.75) is 19.9 Å². The molecule has 0 unspecified atom stereocenters. The number of amides is 1. The van der Waals surface area contributed by atoms with Crippen LogP contribution in [0.4, 0.5) is 5.69 Å². The van der Waals surface area contributed by atoms with Gasteiger partial charge in [0.05, 0.1) is 18.4 Å². The number of aromatic nitrogens is 1. The van der Waals surface area contributed by atoms with Crippen LogP contribution in [0.5, 0.6) is 0 Å². The predicted octanol–water partition coefficient (Wildman–Crippen LogP) is 0.652. The number of nitrogens with two attached hydrogens (primary N) is 1. The van der Waals surface area contributed by atoms with Crippen molar-refractivity contribution in [1.29, 1.82) is 0 Å². The van der Waals surface area contributed by atoms with Gasteiger partial charge in [-0.1, -0.05) is 12.2 Å². The normalized spacial score (nSPS) is 10.1. The molecule has 0 saturated carbocycles. The fourth-order valence-corrected chi connectivity index (χ4v) is 1.48. The van der Waals surface area contributed by atoms with Gasteiger partial charge in [-0.05, 0) is 19.9 Å². The quantitative estimate of drug-likeness (QED) is 0.671. The first-order chi connectivity index (χ1) is 8.00. The number of nitrogens with one attached hydrogen (secondary N) is 2. The summed E-state index contributed by atoms with van der Waals surface area (Å²) in [6.45, 7) is 3.98. The molecule has 0 aliphatic carbocycles. The monoisotopic (exact) mass is 252 g/mol. The molecule has 1 rings (SSSR count). The van der Waals surface area contributed by atoms with E-state index >= 15 is 0 Å². The summed E-state index contributed by atoms with van der Waals surface area (Å²) < 4.78 is 0. The Balaban J connectivity index is 2.63. The Kier molecular flexibility index (Phi) is 4.84. The van der Waals surface area contributed by atoms with E-state index in [4.69, 9.17) is 18.0 Å². The lowest BCUT2D eigenvalue weighted by Crippen LogP contribution is -2.35. The van der Waals surface area contributed by atoms with Crippen molar-refractivity contribution in [3.05, 3.63) is 24.0 Å². The van der Waals surface area contributed by atoms with E-state index in [0.29, 0.717) is 11.3 Å². The van der Waals surface area contributed by atoms with E-state index in [9.17, 15) is 4.79 Å². The highest BCUT2D eigenvalue weighted by Crippen LogP contribution is 2.12. The number of nitrogens with zero attached hydrogens (tertiary/aromatic N) is 1. The summed E-state index contributed by atoms with van der Waals surface area (Å²) in [6.07, 6.45) is 3.20. The Hall–Kier alpha value is -1.69. The second-order valence-corrected chi connectivity index (χ2v) is 4.30. The lowest BCUT2D eigenvalue weighted by Gasteiger charge is -2.12. The number of carbonyl (C=O) groups excluding carboxylic acids is 1. The van der Waals surface area contributed by atoms with Gasteiger partial charge < -0.3 is 16.4 Å². The highest BCUT2D eigenvalue weighted by molar-refractivity contribution is 7.80. The second kappa shape index (κ2) is 6.15. The summed E-state index contributed by atoms with van der Waals surface area (Å²) in [5.41, 5.74) is 6.92. The molecule has 0 aliphatic rings. The Morgan fingerprint density at radius 1 is 1.59 bits per heavy atom. The van der Waals surface area contributed by atoms with Gasteiger partial charge in [-0.15, -0.1) is 0 Å². The molecule has 0 aliphatic heterocycles. The first-order valence-electron chi connectivity index (χ1n) is 5.27. The fraction of sp³-hybridized carbons (Fsp3) is 0.364. The molecule has 1 amide bonds. The van der Waals surface area contributed by atoms with Crippen LogP contribution in [0.25, 0.3) is 0 Å². The maximum Gasteiger partial charge on any atom is 0.239 e. The topological polar surface area (TPSA) is 80.0 Å². The molecule has 0 saturated heterocycles. The van der Waals surface area contributed by atoms with Gasteiger partial charge in [0.25, 0.3) is 0 Å². The van der Waals surface area contributed by atoms with Crippen molar-refractivity contribution >= 4 is 28.8 Å². The van der Waals surface area contributed by atoms with Gasteiger partial charge in [-0.2, -0.15) is 0 Å². The van der Waals surface area contributed by atoms with Gasteiger partial charge in [0.15, 0.2) is 0 Å².